The van der Waals surface area contributed by atoms with Crippen LogP contribution in [-0.2, 0) is 9.36 Å². The highest BCUT2D eigenvalue weighted by Gasteiger charge is 2.34. The Morgan fingerprint density at radius 2 is 1.44 bits per heavy atom. The average molecular weight is 549 g/mol. The van der Waals surface area contributed by atoms with Crippen LogP contribution in [0.25, 0.3) is 0 Å². The second-order valence-corrected chi connectivity index (χ2v) is 11.6. The minimum atomic E-state index is -4.59. The van der Waals surface area contributed by atoms with Gasteiger partial charge in [0.2, 0.25) is 5.91 Å². The summed E-state index contributed by atoms with van der Waals surface area (Å²) in [5.74, 6) is 1.62. The molecule has 0 unspecified atom stereocenters. The number of nitrogens with two attached hydrogens (primary N) is 1. The molecule has 1 aliphatic rings. The van der Waals surface area contributed by atoms with E-state index in [4.69, 9.17) is 29.8 Å². The van der Waals surface area contributed by atoms with Crippen molar-refractivity contribution >= 4 is 45.9 Å². The van der Waals surface area contributed by atoms with Crippen molar-refractivity contribution in [3.8, 4) is 11.5 Å². The van der Waals surface area contributed by atoms with E-state index in [1.807, 2.05) is 12.1 Å². The third-order valence-corrected chi connectivity index (χ3v) is 8.19. The van der Waals surface area contributed by atoms with E-state index in [0.717, 1.165) is 34.1 Å². The number of carbonyl (C=O) groups is 1. The zero-order chi connectivity index (χ0) is 24.7. The number of primary amides is 1. The van der Waals surface area contributed by atoms with Gasteiger partial charge in [-0.2, -0.15) is 0 Å². The molecule has 0 saturated carbocycles. The maximum atomic E-state index is 11.7. The molecule has 0 aromatic heterocycles. The molecule has 1 heterocycles. The standard InChI is InChI=1S/C20H26N2O8P2S2/c21-20(23)11-22-14(12-33-18-7-3-16(4-8-18)29-31(24)25)1-2-15(22)13-34-19-9-5-17(6-10-19)30-32(26,27)28/h3-10,14-15,24-25H,1-2,11-13H2,(H2,21,23)(H2,26,27,28)/t14-,15+/m0/s1. The molecule has 6 N–H and O–H groups in total. The Balaban J connectivity index is 1.54. The predicted octanol–water partition coefficient (Wildman–Crippen LogP) is 2.95. The zero-order valence-corrected chi connectivity index (χ0v) is 21.4. The summed E-state index contributed by atoms with van der Waals surface area (Å²) in [7, 11) is -7.03. The number of nitrogens with zero attached hydrogens (tertiary/aromatic N) is 1. The molecule has 2 atom stereocenters. The molecule has 0 bridgehead atoms. The van der Waals surface area contributed by atoms with E-state index in [9.17, 15) is 9.36 Å². The van der Waals surface area contributed by atoms with Crippen molar-refractivity contribution in [2.75, 3.05) is 18.1 Å². The summed E-state index contributed by atoms with van der Waals surface area (Å²) in [6.45, 7) is 0.175. The Hall–Kier alpha value is -1.33. The highest BCUT2D eigenvalue weighted by atomic mass is 32.2. The van der Waals surface area contributed by atoms with Crippen molar-refractivity contribution in [1.29, 1.82) is 0 Å². The molecule has 0 spiro atoms. The lowest BCUT2D eigenvalue weighted by Crippen LogP contribution is -2.44. The second kappa shape index (κ2) is 12.6. The van der Waals surface area contributed by atoms with Gasteiger partial charge in [0.15, 0.2) is 0 Å². The van der Waals surface area contributed by atoms with Crippen molar-refractivity contribution in [3.63, 3.8) is 0 Å². The van der Waals surface area contributed by atoms with Crippen LogP contribution in [0.5, 0.6) is 11.5 Å². The molecule has 14 heteroatoms. The fraction of sp³-hybridized carbons (Fsp3) is 0.350. The first-order valence-electron chi connectivity index (χ1n) is 10.2. The Kier molecular flexibility index (Phi) is 10.1. The number of hydrogen-bond acceptors (Lipinski definition) is 9. The number of phosphoric acid groups is 1. The number of benzene rings is 2. The maximum absolute atomic E-state index is 11.7. The lowest BCUT2D eigenvalue weighted by Gasteiger charge is -2.28. The van der Waals surface area contributed by atoms with Gasteiger partial charge in [0.25, 0.3) is 0 Å². The number of rotatable bonds is 12. The van der Waals surface area contributed by atoms with Gasteiger partial charge < -0.3 is 24.6 Å². The molecule has 1 fully saturated rings. The molecule has 2 aromatic carbocycles. The van der Waals surface area contributed by atoms with Gasteiger partial charge in [0.05, 0.1) is 6.54 Å². The Morgan fingerprint density at radius 1 is 0.971 bits per heavy atom. The summed E-state index contributed by atoms with van der Waals surface area (Å²) in [5, 5.41) is 0. The summed E-state index contributed by atoms with van der Waals surface area (Å²) >= 11 is 3.24. The van der Waals surface area contributed by atoms with Gasteiger partial charge in [-0.3, -0.25) is 19.5 Å². The molecule has 34 heavy (non-hydrogen) atoms. The highest BCUT2D eigenvalue weighted by molar-refractivity contribution is 7.99. The van der Waals surface area contributed by atoms with E-state index in [0.29, 0.717) is 5.75 Å². The molecule has 3 rings (SSSR count). The lowest BCUT2D eigenvalue weighted by atomic mass is 10.2. The molecule has 186 valence electrons. The number of thioether (sulfide) groups is 2. The smallest absolute Gasteiger partial charge is 0.427 e. The molecule has 0 radical (unpaired) electrons. The van der Waals surface area contributed by atoms with Crippen molar-refractivity contribution < 1.29 is 38.0 Å². The molecule has 1 amide bonds. The molecular formula is C20H26N2O8P2S2. The van der Waals surface area contributed by atoms with Gasteiger partial charge in [-0.05, 0) is 61.4 Å². The van der Waals surface area contributed by atoms with Gasteiger partial charge in [0.1, 0.15) is 11.5 Å². The molecule has 0 aliphatic carbocycles. The number of hydrogen-bond donors (Lipinski definition) is 5. The summed E-state index contributed by atoms with van der Waals surface area (Å²) in [6.07, 6.45) is 1.86. The molecule has 2 aromatic rings. The lowest BCUT2D eigenvalue weighted by molar-refractivity contribution is -0.119. The molecule has 1 saturated heterocycles. The van der Waals surface area contributed by atoms with Crippen LogP contribution in [-0.4, -0.2) is 60.5 Å². The number of phosphoric ester groups is 1. The summed E-state index contributed by atoms with van der Waals surface area (Å²) < 4.78 is 20.4. The number of amides is 1. The average Bonchev–Trinajstić information content (AvgIpc) is 3.12. The summed E-state index contributed by atoms with van der Waals surface area (Å²) in [6, 6.07) is 13.9. The SMILES string of the molecule is NC(=O)CN1[C@@H](CSc2ccc(OP(=O)(O)O)cc2)CC[C@H]1CSc1ccc(OP(O)O)cc1. The summed E-state index contributed by atoms with van der Waals surface area (Å²) in [5.41, 5.74) is 5.51. The van der Waals surface area contributed by atoms with Crippen molar-refractivity contribution in [3.05, 3.63) is 48.5 Å². The third kappa shape index (κ3) is 9.03. The van der Waals surface area contributed by atoms with Crippen LogP contribution < -0.4 is 14.8 Å². The van der Waals surface area contributed by atoms with Crippen molar-refractivity contribution in [1.82, 2.24) is 4.90 Å². The minimum Gasteiger partial charge on any atom is -0.427 e. The van der Waals surface area contributed by atoms with Gasteiger partial charge in [-0.1, -0.05) is 0 Å². The predicted molar refractivity (Wildman–Crippen MR) is 132 cm³/mol. The van der Waals surface area contributed by atoms with Crippen LogP contribution in [0, 0.1) is 0 Å². The van der Waals surface area contributed by atoms with E-state index in [1.54, 1.807) is 47.8 Å². The minimum absolute atomic E-state index is 0.0964. The quantitative estimate of drug-likeness (QED) is 0.196. The number of likely N-dealkylation sites (tertiary alicyclic amines) is 1. The molecule has 10 nitrogen and oxygen atoms in total. The Bertz CT molecular complexity index is 991. The van der Waals surface area contributed by atoms with E-state index in [2.05, 4.69) is 9.42 Å². The first-order valence-corrected chi connectivity index (χ1v) is 14.9. The van der Waals surface area contributed by atoms with Crippen LogP contribution in [0.2, 0.25) is 0 Å². The molecule has 1 aliphatic heterocycles. The fourth-order valence-corrected chi connectivity index (χ4v) is 6.47. The van der Waals surface area contributed by atoms with Crippen molar-refractivity contribution in [2.45, 2.75) is 34.7 Å². The van der Waals surface area contributed by atoms with E-state index < -0.39 is 16.4 Å². The van der Waals surface area contributed by atoms with Crippen LogP contribution in [0.4, 0.5) is 0 Å². The fourth-order valence-electron chi connectivity index (χ4n) is 3.62. The van der Waals surface area contributed by atoms with Gasteiger partial charge in [-0.25, -0.2) is 4.57 Å². The van der Waals surface area contributed by atoms with Gasteiger partial charge in [0, 0.05) is 33.4 Å². The van der Waals surface area contributed by atoms with E-state index in [-0.39, 0.29) is 30.3 Å². The summed E-state index contributed by atoms with van der Waals surface area (Å²) in [4.78, 5) is 51.4. The van der Waals surface area contributed by atoms with E-state index in [1.165, 1.54) is 12.1 Å². The monoisotopic (exact) mass is 548 g/mol. The zero-order valence-electron chi connectivity index (χ0n) is 18.0. The van der Waals surface area contributed by atoms with Crippen LogP contribution in [0.1, 0.15) is 12.8 Å². The van der Waals surface area contributed by atoms with Crippen molar-refractivity contribution in [2.24, 2.45) is 5.73 Å². The van der Waals surface area contributed by atoms with Crippen LogP contribution >= 0.6 is 39.9 Å². The van der Waals surface area contributed by atoms with E-state index >= 15 is 0 Å². The van der Waals surface area contributed by atoms with Gasteiger partial charge in [-0.15, -0.1) is 23.5 Å². The van der Waals surface area contributed by atoms with Gasteiger partial charge >= 0.3 is 16.4 Å². The topological polar surface area (TPSA) is 163 Å². The third-order valence-electron chi connectivity index (χ3n) is 5.05. The Labute approximate surface area is 207 Å². The number of carbonyl (C=O) groups excluding carboxylic acids is 1. The highest BCUT2D eigenvalue weighted by Crippen LogP contribution is 2.38. The first-order chi connectivity index (χ1) is 16.1. The molecular weight excluding hydrogens is 522 g/mol. The normalized spacial score (nSPS) is 18.9. The second-order valence-electron chi connectivity index (χ2n) is 7.51. The largest absolute Gasteiger partial charge is 0.524 e. The van der Waals surface area contributed by atoms with Crippen LogP contribution in [0.3, 0.4) is 0 Å². The van der Waals surface area contributed by atoms with Crippen LogP contribution in [0.15, 0.2) is 58.3 Å². The Morgan fingerprint density at radius 3 is 1.85 bits per heavy atom. The first kappa shape index (κ1) is 27.3. The maximum Gasteiger partial charge on any atom is 0.524 e.